The lowest BCUT2D eigenvalue weighted by molar-refractivity contribution is 0.476. The van der Waals surface area contributed by atoms with Crippen molar-refractivity contribution in [1.82, 2.24) is 14.8 Å². The molecule has 2 aromatic carbocycles. The third kappa shape index (κ3) is 2.67. The van der Waals surface area contributed by atoms with Gasteiger partial charge < -0.3 is 5.11 Å². The Bertz CT molecular complexity index is 824. The molecule has 0 aliphatic carbocycles. The average molecular weight is 308 g/mol. The second-order valence-electron chi connectivity index (χ2n) is 4.44. The maximum atomic E-state index is 10.1. The lowest BCUT2D eigenvalue weighted by Gasteiger charge is -2.10. The Morgan fingerprint density at radius 3 is 2.50 bits per heavy atom. The molecule has 6 heteroatoms. The molecule has 0 bridgehead atoms. The SMILES string of the molecule is N#CCSc1nnc(-c2ccccc2O)n1-c1ccccc1. The number of benzene rings is 2. The number of nitrogens with zero attached hydrogens (tertiary/aromatic N) is 4. The molecule has 0 saturated heterocycles. The van der Waals surface area contributed by atoms with Crippen molar-refractivity contribution in [2.45, 2.75) is 5.16 Å². The Morgan fingerprint density at radius 2 is 1.77 bits per heavy atom. The van der Waals surface area contributed by atoms with Crippen LogP contribution in [0, 0.1) is 11.3 Å². The number of nitriles is 1. The van der Waals surface area contributed by atoms with E-state index in [2.05, 4.69) is 16.3 Å². The second kappa shape index (κ2) is 6.33. The van der Waals surface area contributed by atoms with E-state index in [9.17, 15) is 5.11 Å². The number of aromatic hydroxyl groups is 1. The first-order chi connectivity index (χ1) is 10.8. The van der Waals surface area contributed by atoms with Crippen LogP contribution in [0.4, 0.5) is 0 Å². The lowest BCUT2D eigenvalue weighted by atomic mass is 10.2. The van der Waals surface area contributed by atoms with Crippen LogP contribution in [-0.2, 0) is 0 Å². The molecule has 3 rings (SSSR count). The van der Waals surface area contributed by atoms with Crippen LogP contribution >= 0.6 is 11.8 Å². The molecule has 0 unspecified atom stereocenters. The highest BCUT2D eigenvalue weighted by atomic mass is 32.2. The lowest BCUT2D eigenvalue weighted by Crippen LogP contribution is -1.99. The van der Waals surface area contributed by atoms with Gasteiger partial charge in [0.15, 0.2) is 11.0 Å². The fourth-order valence-electron chi connectivity index (χ4n) is 2.11. The minimum atomic E-state index is 0.143. The predicted molar refractivity (Wildman–Crippen MR) is 84.8 cm³/mol. The van der Waals surface area contributed by atoms with Gasteiger partial charge in [0.25, 0.3) is 0 Å². The van der Waals surface area contributed by atoms with Crippen LogP contribution < -0.4 is 0 Å². The van der Waals surface area contributed by atoms with Crippen molar-refractivity contribution in [1.29, 1.82) is 5.26 Å². The predicted octanol–water partition coefficient (Wildman–Crippen LogP) is 3.26. The highest BCUT2D eigenvalue weighted by molar-refractivity contribution is 7.99. The van der Waals surface area contributed by atoms with Crippen LogP contribution in [0.25, 0.3) is 17.1 Å². The van der Waals surface area contributed by atoms with E-state index in [0.29, 0.717) is 16.5 Å². The molecule has 0 radical (unpaired) electrons. The van der Waals surface area contributed by atoms with Crippen molar-refractivity contribution in [2.75, 3.05) is 5.75 Å². The smallest absolute Gasteiger partial charge is 0.197 e. The number of aromatic nitrogens is 3. The third-order valence-corrected chi connectivity index (χ3v) is 3.85. The Kier molecular flexibility index (Phi) is 4.08. The molecule has 108 valence electrons. The van der Waals surface area contributed by atoms with Crippen molar-refractivity contribution in [3.8, 4) is 28.9 Å². The summed E-state index contributed by atoms with van der Waals surface area (Å²) in [5, 5.41) is 27.8. The molecule has 22 heavy (non-hydrogen) atoms. The van der Waals surface area contributed by atoms with Gasteiger partial charge in [-0.2, -0.15) is 5.26 Å². The highest BCUT2D eigenvalue weighted by Crippen LogP contribution is 2.32. The molecule has 5 nitrogen and oxygen atoms in total. The summed E-state index contributed by atoms with van der Waals surface area (Å²) in [6, 6.07) is 18.7. The molecule has 0 aliphatic heterocycles. The number of phenolic OH excluding ortho intramolecular Hbond substituents is 1. The first-order valence-corrected chi connectivity index (χ1v) is 7.59. The van der Waals surface area contributed by atoms with Gasteiger partial charge in [-0.1, -0.05) is 42.1 Å². The highest BCUT2D eigenvalue weighted by Gasteiger charge is 2.17. The molecule has 1 N–H and O–H groups in total. The quantitative estimate of drug-likeness (QED) is 0.749. The van der Waals surface area contributed by atoms with E-state index in [-0.39, 0.29) is 11.5 Å². The van der Waals surface area contributed by atoms with Gasteiger partial charge in [-0.3, -0.25) is 4.57 Å². The van der Waals surface area contributed by atoms with Crippen LogP contribution in [0.15, 0.2) is 59.8 Å². The number of hydrogen-bond acceptors (Lipinski definition) is 5. The summed E-state index contributed by atoms with van der Waals surface area (Å²) in [7, 11) is 0. The van der Waals surface area contributed by atoms with Crippen molar-refractivity contribution >= 4 is 11.8 Å². The Morgan fingerprint density at radius 1 is 1.05 bits per heavy atom. The van der Waals surface area contributed by atoms with Crippen LogP contribution in [0.3, 0.4) is 0 Å². The molecule has 0 aliphatic rings. The van der Waals surface area contributed by atoms with E-state index in [1.807, 2.05) is 41.0 Å². The zero-order valence-electron chi connectivity index (χ0n) is 11.5. The molecule has 0 saturated carbocycles. The molecule has 1 aromatic heterocycles. The van der Waals surface area contributed by atoms with Gasteiger partial charge in [0.05, 0.1) is 17.4 Å². The minimum absolute atomic E-state index is 0.143. The number of phenols is 1. The zero-order chi connectivity index (χ0) is 15.4. The third-order valence-electron chi connectivity index (χ3n) is 3.06. The summed E-state index contributed by atoms with van der Waals surface area (Å²) in [5.41, 5.74) is 1.48. The van der Waals surface area contributed by atoms with Crippen molar-refractivity contribution in [2.24, 2.45) is 0 Å². The molecule has 0 spiro atoms. The zero-order valence-corrected chi connectivity index (χ0v) is 12.4. The van der Waals surface area contributed by atoms with E-state index >= 15 is 0 Å². The van der Waals surface area contributed by atoms with Crippen LogP contribution in [-0.4, -0.2) is 25.6 Å². The molecule has 3 aromatic rings. The van der Waals surface area contributed by atoms with Gasteiger partial charge in [-0.05, 0) is 24.3 Å². The summed E-state index contributed by atoms with van der Waals surface area (Å²) in [6.07, 6.45) is 0. The van der Waals surface area contributed by atoms with Gasteiger partial charge in [0.1, 0.15) is 5.75 Å². The van der Waals surface area contributed by atoms with Gasteiger partial charge in [-0.15, -0.1) is 10.2 Å². The molecule has 1 heterocycles. The van der Waals surface area contributed by atoms with Gasteiger partial charge in [0.2, 0.25) is 0 Å². The fourth-order valence-corrected chi connectivity index (χ4v) is 2.72. The number of hydrogen-bond donors (Lipinski definition) is 1. The van der Waals surface area contributed by atoms with Gasteiger partial charge in [0, 0.05) is 5.69 Å². The number of para-hydroxylation sites is 2. The Balaban J connectivity index is 2.18. The van der Waals surface area contributed by atoms with Crippen molar-refractivity contribution in [3.05, 3.63) is 54.6 Å². The summed E-state index contributed by atoms with van der Waals surface area (Å²) >= 11 is 1.31. The fraction of sp³-hybridized carbons (Fsp3) is 0.0625. The van der Waals surface area contributed by atoms with E-state index in [1.54, 1.807) is 18.2 Å². The number of rotatable bonds is 4. The molecule has 0 amide bonds. The van der Waals surface area contributed by atoms with Crippen molar-refractivity contribution in [3.63, 3.8) is 0 Å². The van der Waals surface area contributed by atoms with Crippen LogP contribution in [0.1, 0.15) is 0 Å². The molecular weight excluding hydrogens is 296 g/mol. The van der Waals surface area contributed by atoms with Gasteiger partial charge in [-0.25, -0.2) is 0 Å². The Labute approximate surface area is 131 Å². The average Bonchev–Trinajstić information content (AvgIpc) is 2.98. The topological polar surface area (TPSA) is 74.7 Å². The summed E-state index contributed by atoms with van der Waals surface area (Å²) in [4.78, 5) is 0. The second-order valence-corrected chi connectivity index (χ2v) is 5.38. The van der Waals surface area contributed by atoms with E-state index < -0.39 is 0 Å². The van der Waals surface area contributed by atoms with Crippen LogP contribution in [0.5, 0.6) is 5.75 Å². The normalized spacial score (nSPS) is 10.3. The summed E-state index contributed by atoms with van der Waals surface area (Å²) in [6.45, 7) is 0. The van der Waals surface area contributed by atoms with E-state index in [1.165, 1.54) is 11.8 Å². The summed E-state index contributed by atoms with van der Waals surface area (Å²) in [5.74, 6) is 0.972. The maximum absolute atomic E-state index is 10.1. The summed E-state index contributed by atoms with van der Waals surface area (Å²) < 4.78 is 1.84. The van der Waals surface area contributed by atoms with Crippen molar-refractivity contribution < 1.29 is 5.11 Å². The van der Waals surface area contributed by atoms with Crippen LogP contribution in [0.2, 0.25) is 0 Å². The molecule has 0 atom stereocenters. The molecular formula is C16H12N4OS. The minimum Gasteiger partial charge on any atom is -0.507 e. The number of thioether (sulfide) groups is 1. The van der Waals surface area contributed by atoms with E-state index in [4.69, 9.17) is 5.26 Å². The molecule has 0 fully saturated rings. The first kappa shape index (κ1) is 14.2. The maximum Gasteiger partial charge on any atom is 0.197 e. The largest absolute Gasteiger partial charge is 0.507 e. The Hall–Kier alpha value is -2.78. The monoisotopic (exact) mass is 308 g/mol. The first-order valence-electron chi connectivity index (χ1n) is 6.60. The standard InChI is InChI=1S/C16H12N4OS/c17-10-11-22-16-19-18-15(13-8-4-5-9-14(13)21)20(16)12-6-2-1-3-7-12/h1-9,21H,11H2. The van der Waals surface area contributed by atoms with E-state index in [0.717, 1.165) is 5.69 Å². The van der Waals surface area contributed by atoms with Gasteiger partial charge >= 0.3 is 0 Å².